The summed E-state index contributed by atoms with van der Waals surface area (Å²) in [5.41, 5.74) is 2.04. The fourth-order valence-electron chi connectivity index (χ4n) is 4.72. The van der Waals surface area contributed by atoms with Crippen molar-refractivity contribution in [3.63, 3.8) is 0 Å². The summed E-state index contributed by atoms with van der Waals surface area (Å²) in [5, 5.41) is 10.7. The van der Waals surface area contributed by atoms with Gasteiger partial charge in [-0.1, -0.05) is 50.2 Å². The first-order valence-corrected chi connectivity index (χ1v) is 13.5. The molecule has 0 fully saturated rings. The van der Waals surface area contributed by atoms with Crippen molar-refractivity contribution in [1.82, 2.24) is 35.3 Å². The normalized spacial score (nSPS) is 19.2. The van der Waals surface area contributed by atoms with Gasteiger partial charge in [-0.25, -0.2) is 9.67 Å². The zero-order valence-electron chi connectivity index (χ0n) is 23.1. The Bertz CT molecular complexity index is 1310. The highest BCUT2D eigenvalue weighted by atomic mass is 16.2. The molecule has 0 unspecified atom stereocenters. The van der Waals surface area contributed by atoms with E-state index in [1.165, 1.54) is 0 Å². The van der Waals surface area contributed by atoms with Crippen LogP contribution in [0, 0.1) is 12.8 Å². The van der Waals surface area contributed by atoms with Gasteiger partial charge in [-0.3, -0.25) is 19.4 Å². The van der Waals surface area contributed by atoms with Crippen LogP contribution in [0.5, 0.6) is 0 Å². The molecule has 0 bridgehead atoms. The molecular weight excluding hydrogens is 494 g/mol. The van der Waals surface area contributed by atoms with Crippen molar-refractivity contribution < 1.29 is 14.4 Å². The van der Waals surface area contributed by atoms with Crippen LogP contribution in [0.4, 0.5) is 0 Å². The van der Waals surface area contributed by atoms with Crippen LogP contribution in [0.2, 0.25) is 0 Å². The second-order valence-corrected chi connectivity index (χ2v) is 10.4. The van der Waals surface area contributed by atoms with Crippen LogP contribution in [0.15, 0.2) is 48.7 Å². The van der Waals surface area contributed by atoms with Crippen LogP contribution in [0.1, 0.15) is 68.0 Å². The van der Waals surface area contributed by atoms with E-state index in [-0.39, 0.29) is 30.1 Å². The Balaban J connectivity index is 1.69. The molecule has 3 amide bonds. The molecule has 3 aromatic rings. The third-order valence-corrected chi connectivity index (χ3v) is 6.75. The van der Waals surface area contributed by atoms with Crippen molar-refractivity contribution in [3.8, 4) is 11.4 Å². The SMILES string of the molecule is Cc1cccnc1C(=O)N1CCCC(=O)N[C@H](CC(C)C)C(=O)N[C@H](C)c2nc(-c3ccccc3)nn2CC1. The van der Waals surface area contributed by atoms with Crippen molar-refractivity contribution >= 4 is 17.7 Å². The van der Waals surface area contributed by atoms with Gasteiger partial charge in [-0.2, -0.15) is 5.10 Å². The topological polar surface area (TPSA) is 122 Å². The predicted octanol–water partition coefficient (Wildman–Crippen LogP) is 3.29. The highest BCUT2D eigenvalue weighted by Gasteiger charge is 2.27. The Kier molecular flexibility index (Phi) is 9.06. The molecule has 2 aromatic heterocycles. The van der Waals surface area contributed by atoms with Crippen LogP contribution < -0.4 is 10.6 Å². The number of rotatable bonds is 4. The largest absolute Gasteiger partial charge is 0.345 e. The van der Waals surface area contributed by atoms with E-state index in [1.54, 1.807) is 21.8 Å². The molecule has 39 heavy (non-hydrogen) atoms. The van der Waals surface area contributed by atoms with E-state index in [9.17, 15) is 14.4 Å². The molecule has 0 saturated heterocycles. The number of hydrogen-bond donors (Lipinski definition) is 2. The molecule has 1 aromatic carbocycles. The molecule has 1 aliphatic rings. The van der Waals surface area contributed by atoms with Crippen molar-refractivity contribution in [2.75, 3.05) is 13.1 Å². The lowest BCUT2D eigenvalue weighted by atomic mass is 10.0. The number of carbonyl (C=O) groups is 3. The van der Waals surface area contributed by atoms with E-state index in [4.69, 9.17) is 10.1 Å². The zero-order chi connectivity index (χ0) is 27.9. The molecule has 0 aliphatic carbocycles. The molecule has 2 N–H and O–H groups in total. The minimum absolute atomic E-state index is 0.190. The molecule has 0 saturated carbocycles. The zero-order valence-corrected chi connectivity index (χ0v) is 23.1. The predicted molar refractivity (Wildman–Crippen MR) is 148 cm³/mol. The molecule has 1 aliphatic heterocycles. The molecule has 0 radical (unpaired) electrons. The number of pyridine rings is 1. The van der Waals surface area contributed by atoms with Crippen molar-refractivity contribution in [1.29, 1.82) is 0 Å². The second kappa shape index (κ2) is 12.6. The minimum Gasteiger partial charge on any atom is -0.345 e. The van der Waals surface area contributed by atoms with Crippen LogP contribution >= 0.6 is 0 Å². The molecule has 206 valence electrons. The Labute approximate surface area is 229 Å². The average Bonchev–Trinajstić information content (AvgIpc) is 3.34. The Morgan fingerprint density at radius 1 is 1.05 bits per heavy atom. The summed E-state index contributed by atoms with van der Waals surface area (Å²) in [5.74, 6) is 0.677. The van der Waals surface area contributed by atoms with E-state index in [1.807, 2.05) is 64.1 Å². The van der Waals surface area contributed by atoms with Gasteiger partial charge in [-0.15, -0.1) is 0 Å². The quantitative estimate of drug-likeness (QED) is 0.533. The van der Waals surface area contributed by atoms with Crippen molar-refractivity contribution in [3.05, 3.63) is 65.7 Å². The number of fused-ring (bicyclic) bond motifs is 1. The minimum atomic E-state index is -0.665. The molecule has 3 heterocycles. The first kappa shape index (κ1) is 27.9. The number of hydrogen-bond acceptors (Lipinski definition) is 6. The number of amides is 3. The fraction of sp³-hybridized carbons (Fsp3) is 0.448. The smallest absolute Gasteiger partial charge is 0.272 e. The molecule has 10 heteroatoms. The first-order chi connectivity index (χ1) is 18.7. The van der Waals surface area contributed by atoms with Gasteiger partial charge >= 0.3 is 0 Å². The maximum Gasteiger partial charge on any atom is 0.272 e. The van der Waals surface area contributed by atoms with Gasteiger partial charge in [0, 0.05) is 31.3 Å². The number of aryl methyl sites for hydroxylation is 1. The van der Waals surface area contributed by atoms with Crippen LogP contribution in [-0.2, 0) is 16.1 Å². The Morgan fingerprint density at radius 3 is 2.54 bits per heavy atom. The summed E-state index contributed by atoms with van der Waals surface area (Å²) in [7, 11) is 0. The van der Waals surface area contributed by atoms with Gasteiger partial charge in [0.15, 0.2) is 5.82 Å². The number of nitrogens with zero attached hydrogens (tertiary/aromatic N) is 5. The van der Waals surface area contributed by atoms with E-state index in [0.29, 0.717) is 49.8 Å². The van der Waals surface area contributed by atoms with Gasteiger partial charge in [0.25, 0.3) is 5.91 Å². The van der Waals surface area contributed by atoms with E-state index < -0.39 is 12.1 Å². The monoisotopic (exact) mass is 531 g/mol. The lowest BCUT2D eigenvalue weighted by Gasteiger charge is -2.26. The Hall–Kier alpha value is -4.08. The maximum absolute atomic E-state index is 13.5. The average molecular weight is 532 g/mol. The van der Waals surface area contributed by atoms with Crippen molar-refractivity contribution in [2.24, 2.45) is 5.92 Å². The van der Waals surface area contributed by atoms with Gasteiger partial charge in [-0.05, 0) is 44.2 Å². The molecule has 0 spiro atoms. The number of nitrogens with one attached hydrogen (secondary N) is 2. The van der Waals surface area contributed by atoms with Gasteiger partial charge in [0.2, 0.25) is 11.8 Å². The molecule has 4 rings (SSSR count). The van der Waals surface area contributed by atoms with E-state index >= 15 is 0 Å². The van der Waals surface area contributed by atoms with E-state index in [2.05, 4.69) is 15.6 Å². The lowest BCUT2D eigenvalue weighted by Crippen LogP contribution is -2.48. The molecular formula is C29H37N7O3. The third kappa shape index (κ3) is 7.07. The number of aromatic nitrogens is 4. The summed E-state index contributed by atoms with van der Waals surface area (Å²) >= 11 is 0. The highest BCUT2D eigenvalue weighted by molar-refractivity contribution is 5.93. The third-order valence-electron chi connectivity index (χ3n) is 6.75. The maximum atomic E-state index is 13.5. The van der Waals surface area contributed by atoms with Crippen LogP contribution in [-0.4, -0.2) is 61.5 Å². The van der Waals surface area contributed by atoms with E-state index in [0.717, 1.165) is 11.1 Å². The van der Waals surface area contributed by atoms with Gasteiger partial charge < -0.3 is 15.5 Å². The summed E-state index contributed by atoms with van der Waals surface area (Å²) in [6.45, 7) is 8.83. The Morgan fingerprint density at radius 2 is 1.82 bits per heavy atom. The fourth-order valence-corrected chi connectivity index (χ4v) is 4.72. The van der Waals surface area contributed by atoms with Crippen LogP contribution in [0.3, 0.4) is 0 Å². The summed E-state index contributed by atoms with van der Waals surface area (Å²) < 4.78 is 1.76. The summed E-state index contributed by atoms with van der Waals surface area (Å²) in [4.78, 5) is 50.4. The van der Waals surface area contributed by atoms with Crippen molar-refractivity contribution in [2.45, 2.75) is 65.6 Å². The van der Waals surface area contributed by atoms with Gasteiger partial charge in [0.05, 0.1) is 12.6 Å². The standard InChI is InChI=1S/C29H37N7O3/c1-19(2)18-23-28(38)31-21(4)27-33-26(22-11-6-5-7-12-22)34-36(27)17-16-35(15-9-13-24(37)32-23)29(39)25-20(3)10-8-14-30-25/h5-8,10-12,14,19,21,23H,9,13,15-18H2,1-4H3,(H,31,38)(H,32,37)/t21-,23-/m1/s1. The number of carbonyl (C=O) groups excluding carboxylic acids is 3. The van der Waals surface area contributed by atoms with Gasteiger partial charge in [0.1, 0.15) is 17.6 Å². The second-order valence-electron chi connectivity index (χ2n) is 10.4. The number of benzene rings is 1. The lowest BCUT2D eigenvalue weighted by molar-refractivity contribution is -0.129. The summed E-state index contributed by atoms with van der Waals surface area (Å²) in [6.07, 6.45) is 2.78. The van der Waals surface area contributed by atoms with Crippen LogP contribution in [0.25, 0.3) is 11.4 Å². The summed E-state index contributed by atoms with van der Waals surface area (Å²) in [6, 6.07) is 12.2. The molecule has 2 atom stereocenters. The highest BCUT2D eigenvalue weighted by Crippen LogP contribution is 2.20. The molecule has 10 nitrogen and oxygen atoms in total. The first-order valence-electron chi connectivity index (χ1n) is 13.5.